The highest BCUT2D eigenvalue weighted by atomic mass is 35.5. The third-order valence-corrected chi connectivity index (χ3v) is 4.33. The lowest BCUT2D eigenvalue weighted by molar-refractivity contribution is -0.120. The number of anilines is 1. The number of hydrogen-bond acceptors (Lipinski definition) is 3. The zero-order chi connectivity index (χ0) is 16.3. The lowest BCUT2D eigenvalue weighted by Gasteiger charge is -2.23. The van der Waals surface area contributed by atoms with E-state index in [1.165, 1.54) is 12.1 Å². The normalized spacial score (nSPS) is 12.5. The molecule has 0 fully saturated rings. The molecule has 0 saturated carbocycles. The number of likely N-dealkylation sites (N-methyl/N-ethyl adjacent to an activating group) is 1. The van der Waals surface area contributed by atoms with Gasteiger partial charge in [0.05, 0.1) is 39.6 Å². The Hall–Kier alpha value is -1.20. The van der Waals surface area contributed by atoms with E-state index in [9.17, 15) is 4.79 Å². The van der Waals surface area contributed by atoms with Gasteiger partial charge in [-0.1, -0.05) is 34.8 Å². The Morgan fingerprint density at radius 2 is 1.95 bits per heavy atom. The van der Waals surface area contributed by atoms with Gasteiger partial charge in [-0.15, -0.1) is 0 Å². The number of carbonyl (C=O) groups excluding carboxylic acids is 1. The Balaban J connectivity index is 2.03. The summed E-state index contributed by atoms with van der Waals surface area (Å²) in [7, 11) is 1.84. The average Bonchev–Trinajstić information content (AvgIpc) is 2.96. The van der Waals surface area contributed by atoms with Crippen LogP contribution in [0, 0.1) is 0 Å². The first-order chi connectivity index (χ1) is 10.4. The summed E-state index contributed by atoms with van der Waals surface area (Å²) in [6, 6.07) is 6.32. The summed E-state index contributed by atoms with van der Waals surface area (Å²) in [5.74, 6) is 0.587. The molecule has 0 saturated heterocycles. The highest BCUT2D eigenvalue weighted by Crippen LogP contribution is 2.32. The van der Waals surface area contributed by atoms with E-state index in [2.05, 4.69) is 5.32 Å². The Morgan fingerprint density at radius 3 is 2.59 bits per heavy atom. The molecule has 1 atom stereocenters. The molecule has 1 N–H and O–H groups in total. The van der Waals surface area contributed by atoms with Crippen molar-refractivity contribution in [3.63, 3.8) is 0 Å². The second kappa shape index (κ2) is 7.38. The maximum absolute atomic E-state index is 12.3. The van der Waals surface area contributed by atoms with E-state index in [1.54, 1.807) is 13.2 Å². The molecule has 7 heteroatoms. The van der Waals surface area contributed by atoms with Crippen LogP contribution in [0.15, 0.2) is 34.9 Å². The van der Waals surface area contributed by atoms with E-state index < -0.39 is 0 Å². The zero-order valence-corrected chi connectivity index (χ0v) is 14.3. The van der Waals surface area contributed by atoms with Gasteiger partial charge >= 0.3 is 0 Å². The fourth-order valence-electron chi connectivity index (χ4n) is 1.84. The summed E-state index contributed by atoms with van der Waals surface area (Å²) in [6.45, 7) is 2.32. The minimum Gasteiger partial charge on any atom is -0.468 e. The number of nitrogens with one attached hydrogen (secondary N) is 1. The van der Waals surface area contributed by atoms with Crippen LogP contribution in [0.4, 0.5) is 5.69 Å². The quantitative estimate of drug-likeness (QED) is 0.785. The van der Waals surface area contributed by atoms with Gasteiger partial charge in [0.1, 0.15) is 5.76 Å². The van der Waals surface area contributed by atoms with Gasteiger partial charge in [-0.2, -0.15) is 0 Å². The number of carbonyl (C=O) groups is 1. The molecule has 0 aliphatic carbocycles. The van der Waals surface area contributed by atoms with Gasteiger partial charge in [-0.3, -0.25) is 9.69 Å². The van der Waals surface area contributed by atoms with Gasteiger partial charge in [0.15, 0.2) is 0 Å². The molecule has 0 aliphatic heterocycles. The van der Waals surface area contributed by atoms with E-state index >= 15 is 0 Å². The SMILES string of the molecule is CC(C(=O)Nc1cc(Cl)c(Cl)cc1Cl)N(C)Cc1ccco1. The van der Waals surface area contributed by atoms with Gasteiger partial charge in [0, 0.05) is 0 Å². The Morgan fingerprint density at radius 1 is 1.27 bits per heavy atom. The second-order valence-corrected chi connectivity index (χ2v) is 6.13. The molecule has 4 nitrogen and oxygen atoms in total. The monoisotopic (exact) mass is 360 g/mol. The third kappa shape index (κ3) is 4.17. The molecule has 2 aromatic rings. The molecule has 1 aromatic heterocycles. The number of rotatable bonds is 5. The second-order valence-electron chi connectivity index (χ2n) is 4.91. The molecule has 1 amide bonds. The topological polar surface area (TPSA) is 45.5 Å². The van der Waals surface area contributed by atoms with Crippen molar-refractivity contribution < 1.29 is 9.21 Å². The molecular formula is C15H15Cl3N2O2. The molecule has 1 unspecified atom stereocenters. The van der Waals surface area contributed by atoms with Crippen molar-refractivity contribution in [1.29, 1.82) is 0 Å². The molecule has 0 aliphatic rings. The average molecular weight is 362 g/mol. The van der Waals surface area contributed by atoms with Crippen molar-refractivity contribution in [3.05, 3.63) is 51.4 Å². The predicted octanol–water partition coefficient (Wildman–Crippen LogP) is 4.70. The van der Waals surface area contributed by atoms with E-state index in [4.69, 9.17) is 39.2 Å². The third-order valence-electron chi connectivity index (χ3n) is 3.29. The van der Waals surface area contributed by atoms with Crippen LogP contribution in [0.1, 0.15) is 12.7 Å². The molecule has 2 rings (SSSR count). The smallest absolute Gasteiger partial charge is 0.241 e. The maximum Gasteiger partial charge on any atom is 0.241 e. The van der Waals surface area contributed by atoms with E-state index in [0.717, 1.165) is 5.76 Å². The first-order valence-corrected chi connectivity index (χ1v) is 7.70. The first-order valence-electron chi connectivity index (χ1n) is 6.56. The number of benzene rings is 1. The highest BCUT2D eigenvalue weighted by molar-refractivity contribution is 6.44. The summed E-state index contributed by atoms with van der Waals surface area (Å²) >= 11 is 17.9. The van der Waals surface area contributed by atoms with Gasteiger partial charge in [-0.05, 0) is 38.2 Å². The fraction of sp³-hybridized carbons (Fsp3) is 0.267. The minimum atomic E-state index is -0.379. The van der Waals surface area contributed by atoms with Crippen LogP contribution in [0.3, 0.4) is 0 Å². The summed E-state index contributed by atoms with van der Waals surface area (Å²) in [4.78, 5) is 14.2. The molecular weight excluding hydrogens is 347 g/mol. The van der Waals surface area contributed by atoms with Crippen LogP contribution >= 0.6 is 34.8 Å². The summed E-state index contributed by atoms with van der Waals surface area (Å²) < 4.78 is 5.27. The molecule has 22 heavy (non-hydrogen) atoms. The molecule has 0 bridgehead atoms. The Kier molecular flexibility index (Phi) is 5.75. The van der Waals surface area contributed by atoms with Crippen LogP contribution in [0.2, 0.25) is 15.1 Å². The number of furan rings is 1. The molecule has 118 valence electrons. The van der Waals surface area contributed by atoms with Crippen LogP contribution < -0.4 is 5.32 Å². The molecule has 1 heterocycles. The van der Waals surface area contributed by atoms with Crippen molar-refractivity contribution in [2.24, 2.45) is 0 Å². The van der Waals surface area contributed by atoms with Gasteiger partial charge in [-0.25, -0.2) is 0 Å². The number of halogens is 3. The van der Waals surface area contributed by atoms with Crippen LogP contribution in [-0.4, -0.2) is 23.9 Å². The number of nitrogens with zero attached hydrogens (tertiary/aromatic N) is 1. The van der Waals surface area contributed by atoms with Crippen LogP contribution in [0.5, 0.6) is 0 Å². The number of hydrogen-bond donors (Lipinski definition) is 1. The summed E-state index contributed by atoms with van der Waals surface area (Å²) in [5.41, 5.74) is 0.430. The molecule has 0 radical (unpaired) electrons. The Labute approximate surface area is 143 Å². The standard InChI is InChI=1S/C15H15Cl3N2O2/c1-9(20(2)8-10-4-3-5-22-10)15(21)19-14-7-12(17)11(16)6-13(14)18/h3-7,9H,8H2,1-2H3,(H,19,21). The minimum absolute atomic E-state index is 0.200. The maximum atomic E-state index is 12.3. The van der Waals surface area contributed by atoms with Crippen molar-refractivity contribution in [3.8, 4) is 0 Å². The Bertz CT molecular complexity index is 659. The van der Waals surface area contributed by atoms with Gasteiger partial charge < -0.3 is 9.73 Å². The van der Waals surface area contributed by atoms with Crippen molar-refractivity contribution in [1.82, 2.24) is 4.90 Å². The van der Waals surface area contributed by atoms with E-state index in [-0.39, 0.29) is 11.9 Å². The molecule has 1 aromatic carbocycles. The van der Waals surface area contributed by atoms with Crippen molar-refractivity contribution >= 4 is 46.4 Å². The van der Waals surface area contributed by atoms with Crippen molar-refractivity contribution in [2.75, 3.05) is 12.4 Å². The van der Waals surface area contributed by atoms with E-state index in [1.807, 2.05) is 24.1 Å². The first kappa shape index (κ1) is 17.2. The van der Waals surface area contributed by atoms with Crippen LogP contribution in [-0.2, 0) is 11.3 Å². The van der Waals surface area contributed by atoms with Crippen LogP contribution in [0.25, 0.3) is 0 Å². The summed E-state index contributed by atoms with van der Waals surface area (Å²) in [5, 5.41) is 3.76. The summed E-state index contributed by atoms with van der Waals surface area (Å²) in [6.07, 6.45) is 1.60. The fourth-order valence-corrected chi connectivity index (χ4v) is 2.44. The number of amides is 1. The van der Waals surface area contributed by atoms with Gasteiger partial charge in [0.2, 0.25) is 5.91 Å². The predicted molar refractivity (Wildman–Crippen MR) is 89.7 cm³/mol. The highest BCUT2D eigenvalue weighted by Gasteiger charge is 2.20. The largest absolute Gasteiger partial charge is 0.468 e. The zero-order valence-electron chi connectivity index (χ0n) is 12.1. The lowest BCUT2D eigenvalue weighted by atomic mass is 10.2. The van der Waals surface area contributed by atoms with E-state index in [0.29, 0.717) is 27.3 Å². The van der Waals surface area contributed by atoms with Gasteiger partial charge in [0.25, 0.3) is 0 Å². The lowest BCUT2D eigenvalue weighted by Crippen LogP contribution is -2.39. The van der Waals surface area contributed by atoms with Crippen molar-refractivity contribution in [2.45, 2.75) is 19.5 Å². The molecule has 0 spiro atoms.